The summed E-state index contributed by atoms with van der Waals surface area (Å²) >= 11 is 0. The van der Waals surface area contributed by atoms with Gasteiger partial charge >= 0.3 is 19.8 Å². The molecule has 0 bridgehead atoms. The van der Waals surface area contributed by atoms with Gasteiger partial charge in [0.2, 0.25) is 0 Å². The third-order valence-corrected chi connectivity index (χ3v) is 4.96. The first-order chi connectivity index (χ1) is 14.2. The van der Waals surface area contributed by atoms with Gasteiger partial charge in [-0.05, 0) is 12.8 Å². The summed E-state index contributed by atoms with van der Waals surface area (Å²) in [7, 11) is -4.56. The molecule has 3 atom stereocenters. The molecule has 0 aliphatic heterocycles. The first-order valence-electron chi connectivity index (χ1n) is 10.5. The summed E-state index contributed by atoms with van der Waals surface area (Å²) < 4.78 is 31.5. The molecule has 0 aromatic carbocycles. The molecule has 10 nitrogen and oxygen atoms in total. The molecule has 0 radical (unpaired) electrons. The van der Waals surface area contributed by atoms with E-state index in [9.17, 15) is 24.2 Å². The van der Waals surface area contributed by atoms with Crippen molar-refractivity contribution in [2.45, 2.75) is 83.8 Å². The minimum atomic E-state index is -4.56. The largest absolute Gasteiger partial charge is 0.472 e. The van der Waals surface area contributed by atoms with E-state index in [1.165, 1.54) is 0 Å². The summed E-state index contributed by atoms with van der Waals surface area (Å²) in [6.45, 7) is 1.95. The number of hydrogen-bond acceptors (Lipinski definition) is 9. The number of rotatable bonds is 19. The van der Waals surface area contributed by atoms with Crippen LogP contribution in [0.15, 0.2) is 0 Å². The molecule has 30 heavy (non-hydrogen) atoms. The Bertz CT molecular complexity index is 514. The second-order valence-corrected chi connectivity index (χ2v) is 8.41. The Morgan fingerprint density at radius 3 is 2.07 bits per heavy atom. The zero-order valence-electron chi connectivity index (χ0n) is 18.0. The second-order valence-electron chi connectivity index (χ2n) is 6.96. The Hall–Kier alpha value is -1.03. The Labute approximate surface area is 178 Å². The average Bonchev–Trinajstić information content (AvgIpc) is 2.71. The summed E-state index contributed by atoms with van der Waals surface area (Å²) in [5, 5.41) is 17.9. The molecule has 0 saturated carbocycles. The van der Waals surface area contributed by atoms with Crippen molar-refractivity contribution in [1.29, 1.82) is 0 Å². The number of carbonyl (C=O) groups is 2. The molecule has 0 amide bonds. The second kappa shape index (κ2) is 17.6. The highest BCUT2D eigenvalue weighted by atomic mass is 31.2. The van der Waals surface area contributed by atoms with E-state index in [0.717, 1.165) is 32.1 Å². The lowest BCUT2D eigenvalue weighted by Crippen LogP contribution is -2.29. The van der Waals surface area contributed by atoms with Crippen molar-refractivity contribution in [2.24, 2.45) is 0 Å². The zero-order chi connectivity index (χ0) is 22.8. The van der Waals surface area contributed by atoms with Crippen molar-refractivity contribution in [1.82, 2.24) is 0 Å². The number of phosphoric acid groups is 1. The quantitative estimate of drug-likeness (QED) is 0.150. The van der Waals surface area contributed by atoms with Gasteiger partial charge in [-0.15, -0.1) is 0 Å². The van der Waals surface area contributed by atoms with Gasteiger partial charge in [-0.1, -0.05) is 46.0 Å². The van der Waals surface area contributed by atoms with Crippen molar-refractivity contribution in [3.8, 4) is 0 Å². The Kier molecular flexibility index (Phi) is 17.0. The van der Waals surface area contributed by atoms with Gasteiger partial charge in [0.15, 0.2) is 6.10 Å². The highest BCUT2D eigenvalue weighted by molar-refractivity contribution is 7.47. The molecular formula is C19H37O10P. The molecule has 0 rings (SSSR count). The number of phosphoric ester groups is 1. The first kappa shape index (κ1) is 29.0. The Balaban J connectivity index is 4.62. The summed E-state index contributed by atoms with van der Waals surface area (Å²) in [4.78, 5) is 33.4. The van der Waals surface area contributed by atoms with Crippen LogP contribution in [0, 0.1) is 0 Å². The zero-order valence-corrected chi connectivity index (χ0v) is 18.9. The fourth-order valence-corrected chi connectivity index (χ4v) is 3.07. The van der Waals surface area contributed by atoms with Gasteiger partial charge in [-0.3, -0.25) is 18.6 Å². The van der Waals surface area contributed by atoms with Crippen LogP contribution in [0.4, 0.5) is 0 Å². The maximum Gasteiger partial charge on any atom is 0.472 e. The number of esters is 2. The molecule has 3 N–H and O–H groups in total. The molecule has 178 valence electrons. The highest BCUT2D eigenvalue weighted by Crippen LogP contribution is 2.43. The van der Waals surface area contributed by atoms with E-state index in [1.807, 2.05) is 6.92 Å². The van der Waals surface area contributed by atoms with E-state index in [1.54, 1.807) is 0 Å². The van der Waals surface area contributed by atoms with Crippen LogP contribution in [-0.4, -0.2) is 65.7 Å². The highest BCUT2D eigenvalue weighted by Gasteiger charge is 2.27. The van der Waals surface area contributed by atoms with E-state index >= 15 is 0 Å². The van der Waals surface area contributed by atoms with E-state index in [-0.39, 0.29) is 19.4 Å². The number of ether oxygens (including phenoxy) is 2. The molecule has 0 aliphatic rings. The lowest BCUT2D eigenvalue weighted by molar-refractivity contribution is -0.161. The molecular weight excluding hydrogens is 419 g/mol. The van der Waals surface area contributed by atoms with Crippen molar-refractivity contribution in [2.75, 3.05) is 26.4 Å². The minimum absolute atomic E-state index is 0.178. The fourth-order valence-electron chi connectivity index (χ4n) is 2.28. The number of hydrogen-bond donors (Lipinski definition) is 3. The first-order valence-corrected chi connectivity index (χ1v) is 12.0. The van der Waals surface area contributed by atoms with Crippen LogP contribution in [0.2, 0.25) is 0 Å². The number of aliphatic hydroxyl groups excluding tert-OH is 2. The molecule has 0 aliphatic carbocycles. The van der Waals surface area contributed by atoms with Gasteiger partial charge in [0.05, 0.1) is 19.8 Å². The Morgan fingerprint density at radius 1 is 0.867 bits per heavy atom. The summed E-state index contributed by atoms with van der Waals surface area (Å²) in [5.41, 5.74) is 0. The lowest BCUT2D eigenvalue weighted by atomic mass is 10.1. The number of aliphatic hydroxyl groups is 2. The van der Waals surface area contributed by atoms with E-state index in [2.05, 4.69) is 11.4 Å². The fraction of sp³-hybridized carbons (Fsp3) is 0.895. The predicted molar refractivity (Wildman–Crippen MR) is 109 cm³/mol. The van der Waals surface area contributed by atoms with Gasteiger partial charge in [-0.2, -0.15) is 0 Å². The average molecular weight is 456 g/mol. The van der Waals surface area contributed by atoms with Crippen LogP contribution in [0.5, 0.6) is 0 Å². The smallest absolute Gasteiger partial charge is 0.462 e. The molecule has 0 fully saturated rings. The Morgan fingerprint density at radius 2 is 1.43 bits per heavy atom. The topological polar surface area (TPSA) is 149 Å². The third kappa shape index (κ3) is 16.7. The van der Waals surface area contributed by atoms with Gasteiger partial charge in [0, 0.05) is 12.8 Å². The third-order valence-electron chi connectivity index (χ3n) is 4.01. The minimum Gasteiger partial charge on any atom is -0.462 e. The van der Waals surface area contributed by atoms with Gasteiger partial charge in [-0.25, -0.2) is 4.57 Å². The van der Waals surface area contributed by atoms with Gasteiger partial charge < -0.3 is 24.6 Å². The summed E-state index contributed by atoms with van der Waals surface area (Å²) in [6, 6.07) is 0. The van der Waals surface area contributed by atoms with Crippen molar-refractivity contribution < 1.29 is 47.8 Å². The van der Waals surface area contributed by atoms with Gasteiger partial charge in [0.25, 0.3) is 0 Å². The van der Waals surface area contributed by atoms with E-state index in [0.29, 0.717) is 12.8 Å². The molecule has 0 spiro atoms. The molecule has 0 heterocycles. The maximum atomic E-state index is 12.0. The summed E-state index contributed by atoms with van der Waals surface area (Å²) in [5.74, 6) is -0.979. The molecule has 0 saturated heterocycles. The SMILES string of the molecule is CCCCCCC(=O)O[C@H](COC(=O)CCCCC)COP(=O)(O)OC[C@H](O)CO. The number of carbonyl (C=O) groups excluding carboxylic acids is 2. The predicted octanol–water partition coefficient (Wildman–Crippen LogP) is 2.48. The van der Waals surface area contributed by atoms with Crippen molar-refractivity contribution in [3.05, 3.63) is 0 Å². The summed E-state index contributed by atoms with van der Waals surface area (Å²) in [6.07, 6.45) is 4.07. The van der Waals surface area contributed by atoms with Crippen molar-refractivity contribution >= 4 is 19.8 Å². The van der Waals surface area contributed by atoms with Crippen LogP contribution in [0.25, 0.3) is 0 Å². The molecule has 0 aromatic rings. The van der Waals surface area contributed by atoms with Crippen LogP contribution in [0.3, 0.4) is 0 Å². The molecule has 11 heteroatoms. The van der Waals surface area contributed by atoms with Crippen LogP contribution in [0.1, 0.15) is 71.6 Å². The monoisotopic (exact) mass is 456 g/mol. The van der Waals surface area contributed by atoms with Crippen LogP contribution < -0.4 is 0 Å². The van der Waals surface area contributed by atoms with Crippen molar-refractivity contribution in [3.63, 3.8) is 0 Å². The van der Waals surface area contributed by atoms with E-state index in [4.69, 9.17) is 19.1 Å². The maximum absolute atomic E-state index is 12.0. The normalized spacial score (nSPS) is 15.2. The van der Waals surface area contributed by atoms with Crippen LogP contribution >= 0.6 is 7.82 Å². The van der Waals surface area contributed by atoms with Crippen LogP contribution in [-0.2, 0) is 32.7 Å². The van der Waals surface area contributed by atoms with E-state index < -0.39 is 51.8 Å². The molecule has 0 aromatic heterocycles. The van der Waals surface area contributed by atoms with Gasteiger partial charge in [0.1, 0.15) is 12.7 Å². The standard InChI is InChI=1S/C19H37O10P/c1-3-5-7-9-11-19(23)29-17(14-26-18(22)10-8-6-4-2)15-28-30(24,25)27-13-16(21)12-20/h16-17,20-21H,3-15H2,1-2H3,(H,24,25)/t16-,17-/m1/s1. The molecule has 1 unspecified atom stereocenters. The number of unbranched alkanes of at least 4 members (excludes halogenated alkanes) is 5. The lowest BCUT2D eigenvalue weighted by Gasteiger charge is -2.20.